The average molecular weight is 384 g/mol. The molecule has 2 heterocycles. The number of nitrogens with zero attached hydrogens (tertiary/aromatic N) is 2. The van der Waals surface area contributed by atoms with Gasteiger partial charge in [0.25, 0.3) is 0 Å². The summed E-state index contributed by atoms with van der Waals surface area (Å²) >= 11 is 1.65. The molecule has 0 spiro atoms. The lowest BCUT2D eigenvalue weighted by Gasteiger charge is -2.21. The molecule has 2 aromatic heterocycles. The maximum atomic E-state index is 10.9. The van der Waals surface area contributed by atoms with E-state index in [2.05, 4.69) is 21.4 Å². The molecule has 3 rings (SSSR count). The van der Waals surface area contributed by atoms with E-state index in [9.17, 15) is 4.79 Å². The molecule has 1 aliphatic rings. The van der Waals surface area contributed by atoms with Crippen molar-refractivity contribution < 1.29 is 9.53 Å². The van der Waals surface area contributed by atoms with E-state index in [1.165, 1.54) is 56.7 Å². The van der Waals surface area contributed by atoms with Gasteiger partial charge in [-0.25, -0.2) is 9.97 Å². The SMILES string of the molecule is CC(=O)OCCc1cc2c(NC3CCCCCCC3)ncnc2s1.Cl. The molecule has 0 aliphatic heterocycles. The molecule has 0 amide bonds. The number of nitrogens with one attached hydrogen (secondary N) is 1. The molecule has 1 aliphatic carbocycles. The minimum absolute atomic E-state index is 0. The largest absolute Gasteiger partial charge is 0.465 e. The van der Waals surface area contributed by atoms with Crippen LogP contribution in [0.2, 0.25) is 0 Å². The van der Waals surface area contributed by atoms with E-state index in [0.717, 1.165) is 22.5 Å². The van der Waals surface area contributed by atoms with Gasteiger partial charge in [0.05, 0.1) is 12.0 Å². The summed E-state index contributed by atoms with van der Waals surface area (Å²) in [6, 6.07) is 2.64. The van der Waals surface area contributed by atoms with Gasteiger partial charge in [0, 0.05) is 24.3 Å². The molecular formula is C18H26ClN3O2S. The highest BCUT2D eigenvalue weighted by atomic mass is 35.5. The summed E-state index contributed by atoms with van der Waals surface area (Å²) < 4.78 is 5.04. The topological polar surface area (TPSA) is 64.1 Å². The van der Waals surface area contributed by atoms with Crippen molar-refractivity contribution >= 4 is 45.7 Å². The quantitative estimate of drug-likeness (QED) is 0.755. The van der Waals surface area contributed by atoms with Gasteiger partial charge in [-0.1, -0.05) is 32.1 Å². The van der Waals surface area contributed by atoms with E-state index in [4.69, 9.17) is 4.74 Å². The van der Waals surface area contributed by atoms with Gasteiger partial charge in [-0.3, -0.25) is 4.79 Å². The number of rotatable bonds is 5. The summed E-state index contributed by atoms with van der Waals surface area (Å²) in [7, 11) is 0. The van der Waals surface area contributed by atoms with Crippen LogP contribution in [0.4, 0.5) is 5.82 Å². The van der Waals surface area contributed by atoms with E-state index < -0.39 is 0 Å². The molecule has 0 atom stereocenters. The number of hydrogen-bond acceptors (Lipinski definition) is 6. The van der Waals surface area contributed by atoms with Crippen molar-refractivity contribution in [2.45, 2.75) is 64.3 Å². The van der Waals surface area contributed by atoms with Crippen LogP contribution in [0.15, 0.2) is 12.4 Å². The van der Waals surface area contributed by atoms with E-state index >= 15 is 0 Å². The van der Waals surface area contributed by atoms with Crippen molar-refractivity contribution in [3.63, 3.8) is 0 Å². The van der Waals surface area contributed by atoms with Crippen LogP contribution in [0.25, 0.3) is 10.2 Å². The van der Waals surface area contributed by atoms with Crippen LogP contribution < -0.4 is 5.32 Å². The third-order valence-corrected chi connectivity index (χ3v) is 5.58. The number of esters is 1. The van der Waals surface area contributed by atoms with Gasteiger partial charge in [-0.05, 0) is 18.9 Å². The predicted octanol–water partition coefficient (Wildman–Crippen LogP) is 4.74. The maximum Gasteiger partial charge on any atom is 0.302 e. The first kappa shape index (κ1) is 19.9. The minimum Gasteiger partial charge on any atom is -0.465 e. The minimum atomic E-state index is -0.234. The smallest absolute Gasteiger partial charge is 0.302 e. The number of hydrogen-bond donors (Lipinski definition) is 1. The summed E-state index contributed by atoms with van der Waals surface area (Å²) in [6.07, 6.45) is 11.5. The van der Waals surface area contributed by atoms with Gasteiger partial charge < -0.3 is 10.1 Å². The lowest BCUT2D eigenvalue weighted by molar-refractivity contribution is -0.140. The normalized spacial score (nSPS) is 15.9. The fourth-order valence-electron chi connectivity index (χ4n) is 3.23. The van der Waals surface area contributed by atoms with Gasteiger partial charge in [-0.15, -0.1) is 23.7 Å². The zero-order chi connectivity index (χ0) is 16.8. The van der Waals surface area contributed by atoms with Crippen molar-refractivity contribution in [2.24, 2.45) is 0 Å². The Morgan fingerprint density at radius 2 is 1.96 bits per heavy atom. The second-order valence-electron chi connectivity index (χ2n) is 6.43. The van der Waals surface area contributed by atoms with Crippen molar-refractivity contribution in [2.75, 3.05) is 11.9 Å². The molecule has 5 nitrogen and oxygen atoms in total. The summed E-state index contributed by atoms with van der Waals surface area (Å²) in [5.74, 6) is 0.711. The lowest BCUT2D eigenvalue weighted by Crippen LogP contribution is -2.21. The number of ether oxygens (including phenoxy) is 1. The summed E-state index contributed by atoms with van der Waals surface area (Å²) in [5.41, 5.74) is 0. The van der Waals surface area contributed by atoms with Gasteiger partial charge in [-0.2, -0.15) is 0 Å². The average Bonchev–Trinajstić information content (AvgIpc) is 2.93. The van der Waals surface area contributed by atoms with E-state index in [0.29, 0.717) is 12.6 Å². The monoisotopic (exact) mass is 383 g/mol. The number of aromatic nitrogens is 2. The van der Waals surface area contributed by atoms with Crippen molar-refractivity contribution in [3.8, 4) is 0 Å². The van der Waals surface area contributed by atoms with Crippen molar-refractivity contribution in [1.82, 2.24) is 9.97 Å². The summed E-state index contributed by atoms with van der Waals surface area (Å²) in [6.45, 7) is 1.86. The number of halogens is 1. The molecule has 0 saturated heterocycles. The second-order valence-corrected chi connectivity index (χ2v) is 7.55. The van der Waals surface area contributed by atoms with Gasteiger partial charge >= 0.3 is 5.97 Å². The Kier molecular flexibility index (Phi) is 7.90. The van der Waals surface area contributed by atoms with Gasteiger partial charge in [0.2, 0.25) is 0 Å². The maximum absolute atomic E-state index is 10.9. The Labute approximate surface area is 159 Å². The van der Waals surface area contributed by atoms with Gasteiger partial charge in [0.15, 0.2) is 0 Å². The molecule has 1 fully saturated rings. The summed E-state index contributed by atoms with van der Waals surface area (Å²) in [4.78, 5) is 21.9. The van der Waals surface area contributed by atoms with Gasteiger partial charge in [0.1, 0.15) is 17.0 Å². The number of carbonyl (C=O) groups excluding carboxylic acids is 1. The Balaban J connectivity index is 0.00000225. The number of anilines is 1. The molecule has 1 N–H and O–H groups in total. The Bertz CT molecular complexity index is 684. The molecule has 0 aromatic carbocycles. The highest BCUT2D eigenvalue weighted by Gasteiger charge is 2.15. The standard InChI is InChI=1S/C18H25N3O2S.ClH/c1-13(22)23-10-9-15-11-16-17(19-12-20-18(16)24-15)21-14-7-5-3-2-4-6-8-14;/h11-12,14H,2-10H2,1H3,(H,19,20,21);1H. The van der Waals surface area contributed by atoms with Crippen molar-refractivity contribution in [3.05, 3.63) is 17.3 Å². The van der Waals surface area contributed by atoms with E-state index in [1.807, 2.05) is 0 Å². The molecular weight excluding hydrogens is 358 g/mol. The summed E-state index contributed by atoms with van der Waals surface area (Å²) in [5, 5.41) is 4.74. The van der Waals surface area contributed by atoms with Crippen LogP contribution in [0.5, 0.6) is 0 Å². The van der Waals surface area contributed by atoms with Crippen LogP contribution >= 0.6 is 23.7 Å². The third kappa shape index (κ3) is 5.82. The van der Waals surface area contributed by atoms with E-state index in [-0.39, 0.29) is 18.4 Å². The van der Waals surface area contributed by atoms with E-state index in [1.54, 1.807) is 17.7 Å². The first-order valence-electron chi connectivity index (χ1n) is 8.85. The van der Waals surface area contributed by atoms with Crippen molar-refractivity contribution in [1.29, 1.82) is 0 Å². The molecule has 7 heteroatoms. The zero-order valence-corrected chi connectivity index (χ0v) is 16.3. The highest BCUT2D eigenvalue weighted by molar-refractivity contribution is 7.18. The molecule has 1 saturated carbocycles. The van der Waals surface area contributed by atoms with Crippen LogP contribution in [0.3, 0.4) is 0 Å². The first-order chi connectivity index (χ1) is 11.7. The third-order valence-electron chi connectivity index (χ3n) is 4.48. The van der Waals surface area contributed by atoms with Crippen LogP contribution in [-0.4, -0.2) is 28.6 Å². The lowest BCUT2D eigenvalue weighted by atomic mass is 9.97. The molecule has 0 unspecified atom stereocenters. The number of carbonyl (C=O) groups is 1. The van der Waals surface area contributed by atoms with Crippen LogP contribution in [-0.2, 0) is 16.0 Å². The Morgan fingerprint density at radius 3 is 2.68 bits per heavy atom. The first-order valence-corrected chi connectivity index (χ1v) is 9.67. The second kappa shape index (κ2) is 9.92. The molecule has 0 radical (unpaired) electrons. The zero-order valence-electron chi connectivity index (χ0n) is 14.6. The Hall–Kier alpha value is -1.40. The fourth-order valence-corrected chi connectivity index (χ4v) is 4.21. The Morgan fingerprint density at radius 1 is 1.24 bits per heavy atom. The highest BCUT2D eigenvalue weighted by Crippen LogP contribution is 2.30. The predicted molar refractivity (Wildman–Crippen MR) is 105 cm³/mol. The van der Waals surface area contributed by atoms with Crippen LogP contribution in [0.1, 0.15) is 56.7 Å². The number of thiophene rings is 1. The molecule has 0 bridgehead atoms. The molecule has 25 heavy (non-hydrogen) atoms. The van der Waals surface area contributed by atoms with Crippen LogP contribution in [0, 0.1) is 0 Å². The molecule has 2 aromatic rings. The molecule has 138 valence electrons. The fraction of sp³-hybridized carbons (Fsp3) is 0.611. The number of fused-ring (bicyclic) bond motifs is 1.